The number of nitrogens with one attached hydrogen (secondary N) is 1. The molecule has 0 atom stereocenters. The number of aliphatic hydroxyl groups is 1. The van der Waals surface area contributed by atoms with Crippen molar-refractivity contribution in [3.05, 3.63) is 58.6 Å². The predicted octanol–water partition coefficient (Wildman–Crippen LogP) is 2.91. The average molecular weight is 277 g/mol. The molecule has 98 valence electrons. The molecule has 0 amide bonds. The molecule has 0 aromatic heterocycles. The van der Waals surface area contributed by atoms with E-state index in [1.54, 1.807) is 42.5 Å². The van der Waals surface area contributed by atoms with E-state index < -0.39 is 0 Å². The smallest absolute Gasteiger partial charge is 0.146 e. The molecule has 5 heteroatoms. The molecular weight excluding hydrogens is 264 g/mol. The van der Waals surface area contributed by atoms with E-state index in [1.165, 1.54) is 0 Å². The molecule has 0 aliphatic rings. The van der Waals surface area contributed by atoms with Gasteiger partial charge in [-0.05, 0) is 35.9 Å². The van der Waals surface area contributed by atoms with Crippen LogP contribution in [0.1, 0.15) is 11.1 Å². The Morgan fingerprint density at radius 2 is 1.89 bits per heavy atom. The van der Waals surface area contributed by atoms with Crippen LogP contribution in [0, 0.1) is 5.41 Å². The molecule has 0 saturated heterocycles. The monoisotopic (exact) mass is 276 g/mol. The van der Waals surface area contributed by atoms with E-state index in [0.29, 0.717) is 22.1 Å². The summed E-state index contributed by atoms with van der Waals surface area (Å²) in [6.45, 7) is -0.00561. The maximum absolute atomic E-state index is 8.95. The zero-order chi connectivity index (χ0) is 13.8. The van der Waals surface area contributed by atoms with E-state index in [2.05, 4.69) is 0 Å². The van der Waals surface area contributed by atoms with Crippen molar-refractivity contribution in [3.8, 4) is 11.5 Å². The van der Waals surface area contributed by atoms with Crippen molar-refractivity contribution >= 4 is 17.4 Å². The zero-order valence-corrected chi connectivity index (χ0v) is 10.8. The van der Waals surface area contributed by atoms with E-state index in [1.807, 2.05) is 0 Å². The summed E-state index contributed by atoms with van der Waals surface area (Å²) < 4.78 is 5.62. The van der Waals surface area contributed by atoms with Gasteiger partial charge in [0.1, 0.15) is 17.3 Å². The second-order valence-electron chi connectivity index (χ2n) is 3.96. The number of nitrogens with two attached hydrogens (primary N) is 1. The van der Waals surface area contributed by atoms with Gasteiger partial charge in [0.2, 0.25) is 0 Å². The van der Waals surface area contributed by atoms with Crippen LogP contribution in [0.3, 0.4) is 0 Å². The summed E-state index contributed by atoms with van der Waals surface area (Å²) in [5.41, 5.74) is 6.74. The fourth-order valence-corrected chi connectivity index (χ4v) is 1.76. The molecule has 0 bridgehead atoms. The van der Waals surface area contributed by atoms with Crippen molar-refractivity contribution in [2.45, 2.75) is 6.61 Å². The topological polar surface area (TPSA) is 79.3 Å². The molecule has 2 aromatic rings. The minimum atomic E-state index is -0.0410. The van der Waals surface area contributed by atoms with Gasteiger partial charge >= 0.3 is 0 Å². The largest absolute Gasteiger partial charge is 0.456 e. The molecule has 0 radical (unpaired) electrons. The van der Waals surface area contributed by atoms with E-state index in [9.17, 15) is 0 Å². The highest BCUT2D eigenvalue weighted by Crippen LogP contribution is 2.30. The Labute approximate surface area is 115 Å². The fraction of sp³-hybridized carbons (Fsp3) is 0.0714. The van der Waals surface area contributed by atoms with E-state index >= 15 is 0 Å². The van der Waals surface area contributed by atoms with Crippen LogP contribution < -0.4 is 10.5 Å². The highest BCUT2D eigenvalue weighted by atomic mass is 35.5. The second kappa shape index (κ2) is 5.73. The van der Waals surface area contributed by atoms with Crippen LogP contribution in [0.25, 0.3) is 0 Å². The summed E-state index contributed by atoms with van der Waals surface area (Å²) in [6, 6.07) is 12.0. The standard InChI is InChI=1S/C14H13ClN2O2/c15-12-7-10(14(16)17)3-6-13(12)19-11-4-1-9(8-18)2-5-11/h1-7,18H,8H2,(H3,16,17). The molecule has 0 fully saturated rings. The number of nitrogen functional groups attached to an aromatic ring is 1. The predicted molar refractivity (Wildman–Crippen MR) is 74.9 cm³/mol. The number of aliphatic hydroxyl groups excluding tert-OH is 1. The maximum atomic E-state index is 8.95. The lowest BCUT2D eigenvalue weighted by Crippen LogP contribution is -2.10. The Balaban J connectivity index is 2.20. The first-order chi connectivity index (χ1) is 9.10. The van der Waals surface area contributed by atoms with E-state index in [4.69, 9.17) is 32.6 Å². The summed E-state index contributed by atoms with van der Waals surface area (Å²) in [5, 5.41) is 16.7. The molecule has 4 nitrogen and oxygen atoms in total. The average Bonchev–Trinajstić information content (AvgIpc) is 2.41. The van der Waals surface area contributed by atoms with Crippen molar-refractivity contribution in [2.75, 3.05) is 0 Å². The molecule has 0 spiro atoms. The molecule has 2 aromatic carbocycles. The van der Waals surface area contributed by atoms with Gasteiger partial charge in [-0.15, -0.1) is 0 Å². The van der Waals surface area contributed by atoms with Gasteiger partial charge in [0.05, 0.1) is 11.6 Å². The number of ether oxygens (including phenoxy) is 1. The van der Waals surface area contributed by atoms with Gasteiger partial charge in [-0.1, -0.05) is 23.7 Å². The van der Waals surface area contributed by atoms with E-state index in [-0.39, 0.29) is 12.4 Å². The minimum Gasteiger partial charge on any atom is -0.456 e. The third-order valence-corrected chi connectivity index (χ3v) is 2.87. The highest BCUT2D eigenvalue weighted by Gasteiger charge is 2.06. The van der Waals surface area contributed by atoms with Gasteiger partial charge in [-0.3, -0.25) is 5.41 Å². The van der Waals surface area contributed by atoms with Gasteiger partial charge in [-0.2, -0.15) is 0 Å². The minimum absolute atomic E-state index is 0.00561. The summed E-state index contributed by atoms with van der Waals surface area (Å²) in [5.74, 6) is 1.07. The highest BCUT2D eigenvalue weighted by molar-refractivity contribution is 6.32. The number of rotatable bonds is 4. The SMILES string of the molecule is N=C(N)c1ccc(Oc2ccc(CO)cc2)c(Cl)c1. The van der Waals surface area contributed by atoms with Gasteiger partial charge in [0, 0.05) is 5.56 Å². The number of amidine groups is 1. The Bertz CT molecular complexity index is 597. The Hall–Kier alpha value is -2.04. The maximum Gasteiger partial charge on any atom is 0.146 e. The Morgan fingerprint density at radius 1 is 1.21 bits per heavy atom. The molecule has 0 unspecified atom stereocenters. The first-order valence-corrected chi connectivity index (χ1v) is 5.99. The van der Waals surface area contributed by atoms with Crippen molar-refractivity contribution in [2.24, 2.45) is 5.73 Å². The van der Waals surface area contributed by atoms with Gasteiger partial charge in [0.15, 0.2) is 0 Å². The van der Waals surface area contributed by atoms with Crippen molar-refractivity contribution < 1.29 is 9.84 Å². The van der Waals surface area contributed by atoms with Crippen LogP contribution in [0.2, 0.25) is 5.02 Å². The van der Waals surface area contributed by atoms with Crippen molar-refractivity contribution in [1.29, 1.82) is 5.41 Å². The summed E-state index contributed by atoms with van der Waals surface area (Å²) in [7, 11) is 0. The zero-order valence-electron chi connectivity index (χ0n) is 10.1. The molecule has 0 aliphatic carbocycles. The lowest BCUT2D eigenvalue weighted by Gasteiger charge is -2.09. The summed E-state index contributed by atoms with van der Waals surface area (Å²) >= 11 is 6.06. The second-order valence-corrected chi connectivity index (χ2v) is 4.37. The van der Waals surface area contributed by atoms with Crippen LogP contribution in [-0.2, 0) is 6.61 Å². The number of hydrogen-bond acceptors (Lipinski definition) is 3. The van der Waals surface area contributed by atoms with Crippen molar-refractivity contribution in [3.63, 3.8) is 0 Å². The van der Waals surface area contributed by atoms with Crippen LogP contribution in [0.4, 0.5) is 0 Å². The first-order valence-electron chi connectivity index (χ1n) is 5.62. The van der Waals surface area contributed by atoms with Crippen LogP contribution in [0.5, 0.6) is 11.5 Å². The van der Waals surface area contributed by atoms with Crippen LogP contribution in [-0.4, -0.2) is 10.9 Å². The van der Waals surface area contributed by atoms with Crippen LogP contribution in [0.15, 0.2) is 42.5 Å². The number of benzene rings is 2. The first kappa shape index (κ1) is 13.4. The third-order valence-electron chi connectivity index (χ3n) is 2.58. The van der Waals surface area contributed by atoms with Crippen LogP contribution >= 0.6 is 11.6 Å². The quantitative estimate of drug-likeness (QED) is 0.593. The molecule has 19 heavy (non-hydrogen) atoms. The van der Waals surface area contributed by atoms with E-state index in [0.717, 1.165) is 5.56 Å². The Morgan fingerprint density at radius 3 is 2.42 bits per heavy atom. The number of hydrogen-bond donors (Lipinski definition) is 3. The Kier molecular flexibility index (Phi) is 4.04. The normalized spacial score (nSPS) is 10.2. The third kappa shape index (κ3) is 3.24. The molecule has 0 heterocycles. The molecular formula is C14H13ClN2O2. The van der Waals surface area contributed by atoms with Gasteiger partial charge in [-0.25, -0.2) is 0 Å². The summed E-state index contributed by atoms with van der Waals surface area (Å²) in [6.07, 6.45) is 0. The van der Waals surface area contributed by atoms with Gasteiger partial charge < -0.3 is 15.6 Å². The lowest BCUT2D eigenvalue weighted by atomic mass is 10.2. The summed E-state index contributed by atoms with van der Waals surface area (Å²) in [4.78, 5) is 0. The molecule has 0 aliphatic heterocycles. The number of halogens is 1. The van der Waals surface area contributed by atoms with Gasteiger partial charge in [0.25, 0.3) is 0 Å². The molecule has 4 N–H and O–H groups in total. The fourth-order valence-electron chi connectivity index (χ4n) is 1.54. The molecule has 0 saturated carbocycles. The lowest BCUT2D eigenvalue weighted by molar-refractivity contribution is 0.281. The van der Waals surface area contributed by atoms with Crippen molar-refractivity contribution in [1.82, 2.24) is 0 Å². The molecule has 2 rings (SSSR count).